The van der Waals surface area contributed by atoms with Gasteiger partial charge in [0.2, 0.25) is 0 Å². The van der Waals surface area contributed by atoms with Gasteiger partial charge in [0.1, 0.15) is 11.6 Å². The van der Waals surface area contributed by atoms with Gasteiger partial charge in [0.05, 0.1) is 12.0 Å². The number of ketones is 2. The third kappa shape index (κ3) is 3.90. The van der Waals surface area contributed by atoms with E-state index in [2.05, 4.69) is 4.74 Å². The van der Waals surface area contributed by atoms with E-state index in [1.165, 1.54) is 19.1 Å². The Hall–Kier alpha value is -2.02. The molecular weight excluding hydrogens is 332 g/mol. The second-order valence-corrected chi connectivity index (χ2v) is 8.01. The summed E-state index contributed by atoms with van der Waals surface area (Å²) in [4.78, 5) is 36.0. The molecule has 0 aromatic heterocycles. The van der Waals surface area contributed by atoms with Gasteiger partial charge in [0.25, 0.3) is 0 Å². The first-order valence-corrected chi connectivity index (χ1v) is 9.00. The van der Waals surface area contributed by atoms with Crippen molar-refractivity contribution in [2.24, 2.45) is 0 Å². The molecule has 1 aromatic rings. The first kappa shape index (κ1) is 20.0. The highest BCUT2D eigenvalue weighted by molar-refractivity contribution is 7.93. The van der Waals surface area contributed by atoms with Crippen molar-refractivity contribution in [1.29, 1.82) is 0 Å². The third-order valence-corrected chi connectivity index (χ3v) is 6.19. The van der Waals surface area contributed by atoms with Gasteiger partial charge >= 0.3 is 5.97 Å². The number of Topliss-reactive ketones (excluding diaryl/α,β-unsaturated/α-hetero) is 2. The van der Waals surface area contributed by atoms with Crippen molar-refractivity contribution in [2.75, 3.05) is 7.11 Å². The van der Waals surface area contributed by atoms with E-state index in [1.54, 1.807) is 26.0 Å². The molecule has 1 aromatic carbocycles. The lowest BCUT2D eigenvalue weighted by Gasteiger charge is -2.29. The van der Waals surface area contributed by atoms with E-state index in [9.17, 15) is 22.8 Å². The predicted octanol–water partition coefficient (Wildman–Crippen LogP) is 2.03. The minimum atomic E-state index is -4.31. The number of hydrogen-bond acceptors (Lipinski definition) is 6. The van der Waals surface area contributed by atoms with Crippen LogP contribution in [0.5, 0.6) is 0 Å². The summed E-state index contributed by atoms with van der Waals surface area (Å²) in [6.07, 6.45) is -1.15. The molecule has 6 nitrogen and oxygen atoms in total. The number of esters is 1. The first-order chi connectivity index (χ1) is 11.1. The molecule has 0 aliphatic heterocycles. The average molecular weight is 354 g/mol. The van der Waals surface area contributed by atoms with Gasteiger partial charge in [0.15, 0.2) is 14.6 Å². The summed E-state index contributed by atoms with van der Waals surface area (Å²) in [5.74, 6) is -2.04. The van der Waals surface area contributed by atoms with Crippen LogP contribution >= 0.6 is 0 Å². The maximum absolute atomic E-state index is 13.1. The van der Waals surface area contributed by atoms with Crippen LogP contribution < -0.4 is 0 Å². The maximum Gasteiger partial charge on any atom is 0.328 e. The van der Waals surface area contributed by atoms with Crippen LogP contribution in [0, 0.1) is 6.92 Å². The molecule has 7 heteroatoms. The van der Waals surface area contributed by atoms with Crippen LogP contribution in [0.1, 0.15) is 38.7 Å². The van der Waals surface area contributed by atoms with Gasteiger partial charge in [-0.15, -0.1) is 0 Å². The molecule has 0 radical (unpaired) electrons. The number of rotatable bonds is 8. The number of aryl methyl sites for hydroxylation is 1. The Morgan fingerprint density at radius 3 is 2.04 bits per heavy atom. The van der Waals surface area contributed by atoms with Crippen LogP contribution in [0.2, 0.25) is 0 Å². The summed E-state index contributed by atoms with van der Waals surface area (Å²) < 4.78 is 28.7. The zero-order valence-electron chi connectivity index (χ0n) is 14.3. The predicted molar refractivity (Wildman–Crippen MR) is 88.3 cm³/mol. The lowest BCUT2D eigenvalue weighted by atomic mass is 9.94. The summed E-state index contributed by atoms with van der Waals surface area (Å²) in [7, 11) is -3.27. The Balaban J connectivity index is 3.64. The molecule has 1 rings (SSSR count). The lowest BCUT2D eigenvalue weighted by Crippen LogP contribution is -2.50. The molecule has 0 heterocycles. The molecule has 0 spiro atoms. The van der Waals surface area contributed by atoms with E-state index < -0.39 is 45.0 Å². The Labute approximate surface area is 142 Å². The van der Waals surface area contributed by atoms with Crippen molar-refractivity contribution < 1.29 is 27.5 Å². The quantitative estimate of drug-likeness (QED) is 0.663. The molecule has 1 unspecified atom stereocenters. The molecule has 1 atom stereocenters. The van der Waals surface area contributed by atoms with Gasteiger partial charge in [-0.2, -0.15) is 0 Å². The Morgan fingerprint density at radius 1 is 1.08 bits per heavy atom. The summed E-state index contributed by atoms with van der Waals surface area (Å²) in [6.45, 7) is 4.54. The highest BCUT2D eigenvalue weighted by Gasteiger charge is 2.54. The Bertz CT molecular complexity index is 733. The van der Waals surface area contributed by atoms with Crippen molar-refractivity contribution in [3.05, 3.63) is 29.8 Å². The van der Waals surface area contributed by atoms with E-state index >= 15 is 0 Å². The van der Waals surface area contributed by atoms with Crippen molar-refractivity contribution in [2.45, 2.75) is 49.7 Å². The largest absolute Gasteiger partial charge is 0.468 e. The maximum atomic E-state index is 13.1. The average Bonchev–Trinajstić information content (AvgIpc) is 2.52. The summed E-state index contributed by atoms with van der Waals surface area (Å²) in [6, 6.07) is 5.90. The number of carbonyl (C=O) groups is 3. The smallest absolute Gasteiger partial charge is 0.328 e. The highest BCUT2D eigenvalue weighted by atomic mass is 32.2. The van der Waals surface area contributed by atoms with Gasteiger partial charge < -0.3 is 4.74 Å². The summed E-state index contributed by atoms with van der Waals surface area (Å²) in [5, 5.41) is 0. The van der Waals surface area contributed by atoms with E-state index in [0.717, 1.165) is 12.7 Å². The summed E-state index contributed by atoms with van der Waals surface area (Å²) >= 11 is 0. The molecule has 24 heavy (non-hydrogen) atoms. The number of methoxy groups -OCH3 is 1. The lowest BCUT2D eigenvalue weighted by molar-refractivity contribution is -0.146. The van der Waals surface area contributed by atoms with E-state index in [4.69, 9.17) is 0 Å². The van der Waals surface area contributed by atoms with Crippen molar-refractivity contribution >= 4 is 27.4 Å². The van der Waals surface area contributed by atoms with Crippen LogP contribution in [0.3, 0.4) is 0 Å². The molecule has 0 amide bonds. The van der Waals surface area contributed by atoms with Gasteiger partial charge in [-0.1, -0.05) is 24.6 Å². The van der Waals surface area contributed by atoms with E-state index in [0.29, 0.717) is 0 Å². The minimum absolute atomic E-state index is 0.0556. The Kier molecular flexibility index (Phi) is 6.42. The second kappa shape index (κ2) is 7.70. The van der Waals surface area contributed by atoms with Crippen molar-refractivity contribution in [1.82, 2.24) is 0 Å². The molecule has 132 valence electrons. The zero-order valence-corrected chi connectivity index (χ0v) is 15.1. The van der Waals surface area contributed by atoms with Crippen molar-refractivity contribution in [3.8, 4) is 0 Å². The highest BCUT2D eigenvalue weighted by Crippen LogP contribution is 2.35. The number of carbonyl (C=O) groups excluding carboxylic acids is 3. The number of sulfone groups is 1. The molecule has 0 N–H and O–H groups in total. The molecular formula is C17H22O6S. The van der Waals surface area contributed by atoms with Crippen LogP contribution in [-0.2, 0) is 29.0 Å². The normalized spacial score (nSPS) is 13.8. The monoisotopic (exact) mass is 354 g/mol. The first-order valence-electron chi connectivity index (χ1n) is 7.51. The fraction of sp³-hybridized carbons (Fsp3) is 0.471. The zero-order chi connectivity index (χ0) is 18.5. The van der Waals surface area contributed by atoms with Gasteiger partial charge in [-0.25, -0.2) is 8.42 Å². The fourth-order valence-corrected chi connectivity index (χ4v) is 4.47. The van der Waals surface area contributed by atoms with Crippen LogP contribution in [0.4, 0.5) is 0 Å². The second-order valence-electron chi connectivity index (χ2n) is 5.75. The number of benzene rings is 1. The standard InChI is InChI=1S/C17H22O6S/c1-5-14(19)11-17(10-13(3)18,16(20)23-4)24(21,22)15-8-6-12(2)7-9-15/h6-9H,5,10-11H2,1-4H3. The van der Waals surface area contributed by atoms with Crippen LogP contribution in [0.15, 0.2) is 29.2 Å². The Morgan fingerprint density at radius 2 is 1.62 bits per heavy atom. The number of ether oxygens (including phenoxy) is 1. The van der Waals surface area contributed by atoms with E-state index in [1.807, 2.05) is 0 Å². The van der Waals surface area contributed by atoms with Crippen LogP contribution in [0.25, 0.3) is 0 Å². The van der Waals surface area contributed by atoms with Gasteiger partial charge in [-0.3, -0.25) is 14.4 Å². The van der Waals surface area contributed by atoms with Gasteiger partial charge in [-0.05, 0) is 26.0 Å². The van der Waals surface area contributed by atoms with Crippen LogP contribution in [-0.4, -0.2) is 37.8 Å². The molecule has 0 fully saturated rings. The van der Waals surface area contributed by atoms with Gasteiger partial charge in [0, 0.05) is 19.3 Å². The molecule has 0 saturated carbocycles. The minimum Gasteiger partial charge on any atom is -0.468 e. The molecule has 0 aliphatic rings. The SMILES string of the molecule is CCC(=O)CC(CC(C)=O)(C(=O)OC)S(=O)(=O)c1ccc(C)cc1. The molecule has 0 aliphatic carbocycles. The van der Waals surface area contributed by atoms with E-state index in [-0.39, 0.29) is 11.3 Å². The number of hydrogen-bond donors (Lipinski definition) is 0. The van der Waals surface area contributed by atoms with Crippen molar-refractivity contribution in [3.63, 3.8) is 0 Å². The molecule has 0 bridgehead atoms. The molecule has 0 saturated heterocycles. The third-order valence-electron chi connectivity index (χ3n) is 3.81. The fourth-order valence-electron chi connectivity index (χ4n) is 2.48. The summed E-state index contributed by atoms with van der Waals surface area (Å²) in [5.41, 5.74) is 0.842. The topological polar surface area (TPSA) is 94.6 Å².